The van der Waals surface area contributed by atoms with Crippen LogP contribution in [0.15, 0.2) is 48.5 Å². The van der Waals surface area contributed by atoms with Gasteiger partial charge in [-0.05, 0) is 41.8 Å². The smallest absolute Gasteiger partial charge is 0.255 e. The zero-order valence-corrected chi connectivity index (χ0v) is 11.7. The van der Waals surface area contributed by atoms with Gasteiger partial charge in [0.25, 0.3) is 5.91 Å². The van der Waals surface area contributed by atoms with Gasteiger partial charge in [-0.1, -0.05) is 43.6 Å². The predicted molar refractivity (Wildman–Crippen MR) is 79.9 cm³/mol. The van der Waals surface area contributed by atoms with Gasteiger partial charge in [-0.3, -0.25) is 4.79 Å². The number of hydrogen-bond acceptors (Lipinski definition) is 1. The van der Waals surface area contributed by atoms with E-state index in [1.54, 1.807) is 18.2 Å². The minimum atomic E-state index is -0.127. The third-order valence-electron chi connectivity index (χ3n) is 2.92. The van der Waals surface area contributed by atoms with Crippen molar-refractivity contribution in [1.82, 2.24) is 0 Å². The fourth-order valence-corrected chi connectivity index (χ4v) is 1.98. The van der Waals surface area contributed by atoms with Gasteiger partial charge in [0, 0.05) is 16.3 Å². The summed E-state index contributed by atoms with van der Waals surface area (Å²) in [5.74, 6) is 0.336. The number of anilines is 1. The number of amides is 1. The van der Waals surface area contributed by atoms with Crippen LogP contribution in [-0.4, -0.2) is 5.91 Å². The number of benzene rings is 2. The van der Waals surface area contributed by atoms with Crippen molar-refractivity contribution in [1.29, 1.82) is 0 Å². The molecule has 0 saturated heterocycles. The Morgan fingerprint density at radius 1 is 1.11 bits per heavy atom. The average Bonchev–Trinajstić information content (AvgIpc) is 2.39. The lowest BCUT2D eigenvalue weighted by atomic mass is 10.0. The van der Waals surface area contributed by atoms with Gasteiger partial charge < -0.3 is 5.32 Å². The first-order valence-electron chi connectivity index (χ1n) is 6.23. The third-order valence-corrected chi connectivity index (χ3v) is 3.16. The van der Waals surface area contributed by atoms with Crippen molar-refractivity contribution in [3.8, 4) is 0 Å². The van der Waals surface area contributed by atoms with Crippen LogP contribution < -0.4 is 5.32 Å². The number of halogens is 1. The van der Waals surface area contributed by atoms with E-state index in [1.165, 1.54) is 5.56 Å². The van der Waals surface area contributed by atoms with E-state index in [-0.39, 0.29) is 5.91 Å². The highest BCUT2D eigenvalue weighted by Gasteiger charge is 2.07. The quantitative estimate of drug-likeness (QED) is 0.862. The molecule has 98 valence electrons. The van der Waals surface area contributed by atoms with E-state index in [1.807, 2.05) is 30.3 Å². The van der Waals surface area contributed by atoms with Gasteiger partial charge >= 0.3 is 0 Å². The largest absolute Gasteiger partial charge is 0.322 e. The summed E-state index contributed by atoms with van der Waals surface area (Å²) >= 11 is 5.88. The Bertz CT molecular complexity index is 576. The number of carbonyl (C=O) groups is 1. The van der Waals surface area contributed by atoms with E-state index in [4.69, 9.17) is 11.6 Å². The summed E-state index contributed by atoms with van der Waals surface area (Å²) in [6.45, 7) is 4.25. The molecule has 3 heteroatoms. The second kappa shape index (κ2) is 5.89. The Labute approximate surface area is 118 Å². The SMILES string of the molecule is CC(C)c1ccc(C(=O)Nc2cccc(Cl)c2)cc1. The van der Waals surface area contributed by atoms with E-state index in [0.717, 1.165) is 0 Å². The van der Waals surface area contributed by atoms with Gasteiger partial charge in [0.2, 0.25) is 0 Å². The molecule has 0 aliphatic heterocycles. The molecule has 0 aliphatic carbocycles. The highest BCUT2D eigenvalue weighted by molar-refractivity contribution is 6.30. The van der Waals surface area contributed by atoms with E-state index < -0.39 is 0 Å². The van der Waals surface area contributed by atoms with Crippen LogP contribution in [0.25, 0.3) is 0 Å². The molecule has 2 rings (SSSR count). The molecule has 0 heterocycles. The maximum absolute atomic E-state index is 12.1. The second-order valence-electron chi connectivity index (χ2n) is 4.74. The molecule has 0 fully saturated rings. The molecule has 2 aromatic rings. The standard InChI is InChI=1S/C16H16ClNO/c1-11(2)12-6-8-13(9-7-12)16(19)18-15-5-3-4-14(17)10-15/h3-11H,1-2H3,(H,18,19). The monoisotopic (exact) mass is 273 g/mol. The minimum Gasteiger partial charge on any atom is -0.322 e. The number of nitrogens with one attached hydrogen (secondary N) is 1. The molecule has 0 atom stereocenters. The summed E-state index contributed by atoms with van der Waals surface area (Å²) in [5.41, 5.74) is 2.56. The molecule has 0 spiro atoms. The van der Waals surface area contributed by atoms with Crippen LogP contribution in [0.4, 0.5) is 5.69 Å². The summed E-state index contributed by atoms with van der Waals surface area (Å²) in [6, 6.07) is 14.8. The Hall–Kier alpha value is -1.80. The first-order valence-corrected chi connectivity index (χ1v) is 6.61. The van der Waals surface area contributed by atoms with Crippen LogP contribution in [0.2, 0.25) is 5.02 Å². The molecule has 2 nitrogen and oxygen atoms in total. The van der Waals surface area contributed by atoms with Crippen LogP contribution in [0.5, 0.6) is 0 Å². The fourth-order valence-electron chi connectivity index (χ4n) is 1.79. The van der Waals surface area contributed by atoms with E-state index >= 15 is 0 Å². The highest BCUT2D eigenvalue weighted by Crippen LogP contribution is 2.17. The third kappa shape index (κ3) is 3.58. The molecule has 2 aromatic carbocycles. The van der Waals surface area contributed by atoms with Gasteiger partial charge in [-0.2, -0.15) is 0 Å². The van der Waals surface area contributed by atoms with Crippen molar-refractivity contribution in [3.63, 3.8) is 0 Å². The first-order chi connectivity index (χ1) is 9.06. The first kappa shape index (κ1) is 13.6. The summed E-state index contributed by atoms with van der Waals surface area (Å²) in [4.78, 5) is 12.1. The van der Waals surface area contributed by atoms with Crippen molar-refractivity contribution in [2.75, 3.05) is 5.32 Å². The topological polar surface area (TPSA) is 29.1 Å². The fraction of sp³-hybridized carbons (Fsp3) is 0.188. The number of rotatable bonds is 3. The second-order valence-corrected chi connectivity index (χ2v) is 5.18. The van der Waals surface area contributed by atoms with Gasteiger partial charge in [-0.15, -0.1) is 0 Å². The Morgan fingerprint density at radius 3 is 2.37 bits per heavy atom. The normalized spacial score (nSPS) is 10.5. The molecule has 1 amide bonds. The van der Waals surface area contributed by atoms with Crippen molar-refractivity contribution < 1.29 is 4.79 Å². The molecular weight excluding hydrogens is 258 g/mol. The van der Waals surface area contributed by atoms with E-state index in [0.29, 0.717) is 22.2 Å². The summed E-state index contributed by atoms with van der Waals surface area (Å²) in [5, 5.41) is 3.43. The molecule has 1 N–H and O–H groups in total. The van der Waals surface area contributed by atoms with Crippen LogP contribution in [0, 0.1) is 0 Å². The molecule has 0 aliphatic rings. The molecular formula is C16H16ClNO. The van der Waals surface area contributed by atoms with E-state index in [9.17, 15) is 4.79 Å². The van der Waals surface area contributed by atoms with Crippen molar-refractivity contribution in [3.05, 3.63) is 64.7 Å². The van der Waals surface area contributed by atoms with Crippen molar-refractivity contribution >= 4 is 23.2 Å². The molecule has 0 bridgehead atoms. The van der Waals surface area contributed by atoms with Gasteiger partial charge in [-0.25, -0.2) is 0 Å². The lowest BCUT2D eigenvalue weighted by Gasteiger charge is -2.08. The zero-order chi connectivity index (χ0) is 13.8. The molecule has 0 saturated carbocycles. The van der Waals surface area contributed by atoms with Crippen LogP contribution in [0.1, 0.15) is 35.7 Å². The van der Waals surface area contributed by atoms with E-state index in [2.05, 4.69) is 19.2 Å². The zero-order valence-electron chi connectivity index (χ0n) is 11.0. The minimum absolute atomic E-state index is 0.127. The highest BCUT2D eigenvalue weighted by atomic mass is 35.5. The summed E-state index contributed by atoms with van der Waals surface area (Å²) in [6.07, 6.45) is 0. The van der Waals surface area contributed by atoms with Crippen LogP contribution in [0.3, 0.4) is 0 Å². The summed E-state index contributed by atoms with van der Waals surface area (Å²) < 4.78 is 0. The lowest BCUT2D eigenvalue weighted by Crippen LogP contribution is -2.11. The maximum atomic E-state index is 12.1. The Kier molecular flexibility index (Phi) is 4.23. The van der Waals surface area contributed by atoms with Gasteiger partial charge in [0.1, 0.15) is 0 Å². The predicted octanol–water partition coefficient (Wildman–Crippen LogP) is 4.72. The van der Waals surface area contributed by atoms with Gasteiger partial charge in [0.15, 0.2) is 0 Å². The van der Waals surface area contributed by atoms with Crippen molar-refractivity contribution in [2.24, 2.45) is 0 Å². The molecule has 19 heavy (non-hydrogen) atoms. The number of hydrogen-bond donors (Lipinski definition) is 1. The van der Waals surface area contributed by atoms with Crippen LogP contribution >= 0.6 is 11.6 Å². The molecule has 0 unspecified atom stereocenters. The number of carbonyl (C=O) groups excluding carboxylic acids is 1. The molecule has 0 radical (unpaired) electrons. The Morgan fingerprint density at radius 2 is 1.79 bits per heavy atom. The molecule has 0 aromatic heterocycles. The van der Waals surface area contributed by atoms with Gasteiger partial charge in [0.05, 0.1) is 0 Å². The van der Waals surface area contributed by atoms with Crippen LogP contribution in [-0.2, 0) is 0 Å². The average molecular weight is 274 g/mol. The lowest BCUT2D eigenvalue weighted by molar-refractivity contribution is 0.102. The van der Waals surface area contributed by atoms with Crippen molar-refractivity contribution in [2.45, 2.75) is 19.8 Å². The Balaban J connectivity index is 2.11. The maximum Gasteiger partial charge on any atom is 0.255 e. The summed E-state index contributed by atoms with van der Waals surface area (Å²) in [7, 11) is 0.